The number of rotatable bonds is 4. The molecule has 1 rings (SSSR count). The van der Waals surface area contributed by atoms with Crippen molar-refractivity contribution < 1.29 is 18.4 Å². The lowest BCUT2D eigenvalue weighted by molar-refractivity contribution is -0.127. The monoisotopic (exact) mass is 299 g/mol. The molecule has 0 fully saturated rings. The molecule has 116 valence electrons. The van der Waals surface area contributed by atoms with E-state index in [2.05, 4.69) is 5.32 Å². The van der Waals surface area contributed by atoms with E-state index in [1.165, 1.54) is 16.8 Å². The van der Waals surface area contributed by atoms with Crippen molar-refractivity contribution in [2.75, 3.05) is 27.7 Å². The summed E-state index contributed by atoms with van der Waals surface area (Å²) in [5.74, 6) is -1.43. The van der Waals surface area contributed by atoms with Gasteiger partial charge in [-0.05, 0) is 25.1 Å². The summed E-state index contributed by atoms with van der Waals surface area (Å²) in [4.78, 5) is 25.9. The maximum absolute atomic E-state index is 13.7. The van der Waals surface area contributed by atoms with Gasteiger partial charge in [0, 0.05) is 26.7 Å². The lowest BCUT2D eigenvalue weighted by Gasteiger charge is -2.26. The van der Waals surface area contributed by atoms with Gasteiger partial charge in [-0.15, -0.1) is 0 Å². The van der Waals surface area contributed by atoms with Crippen molar-refractivity contribution >= 4 is 11.9 Å². The van der Waals surface area contributed by atoms with Gasteiger partial charge in [-0.2, -0.15) is 0 Å². The van der Waals surface area contributed by atoms with E-state index >= 15 is 0 Å². The van der Waals surface area contributed by atoms with Crippen LogP contribution in [0.5, 0.6) is 0 Å². The van der Waals surface area contributed by atoms with Crippen LogP contribution in [-0.2, 0) is 4.79 Å². The average Bonchev–Trinajstić information content (AvgIpc) is 2.45. The van der Waals surface area contributed by atoms with Gasteiger partial charge in [0.25, 0.3) is 0 Å². The number of benzene rings is 1. The van der Waals surface area contributed by atoms with Gasteiger partial charge in [-0.1, -0.05) is 0 Å². The van der Waals surface area contributed by atoms with Crippen LogP contribution in [0.1, 0.15) is 18.5 Å². The fourth-order valence-electron chi connectivity index (χ4n) is 1.65. The van der Waals surface area contributed by atoms with E-state index in [-0.39, 0.29) is 18.0 Å². The van der Waals surface area contributed by atoms with Crippen LogP contribution >= 0.6 is 0 Å². The number of nitrogens with one attached hydrogen (secondary N) is 1. The van der Waals surface area contributed by atoms with Crippen LogP contribution in [0.25, 0.3) is 0 Å². The maximum atomic E-state index is 13.7. The summed E-state index contributed by atoms with van der Waals surface area (Å²) in [5, 5.41) is 2.43. The zero-order valence-electron chi connectivity index (χ0n) is 12.5. The largest absolute Gasteiger partial charge is 0.347 e. The van der Waals surface area contributed by atoms with Crippen molar-refractivity contribution in [2.24, 2.45) is 0 Å². The molecule has 0 aromatic heterocycles. The molecule has 1 aromatic carbocycles. The van der Waals surface area contributed by atoms with Crippen molar-refractivity contribution in [2.45, 2.75) is 13.0 Å². The maximum Gasteiger partial charge on any atom is 0.318 e. The first-order chi connectivity index (χ1) is 9.73. The zero-order valence-corrected chi connectivity index (χ0v) is 12.5. The molecule has 0 radical (unpaired) electrons. The molecule has 0 aliphatic carbocycles. The summed E-state index contributed by atoms with van der Waals surface area (Å²) >= 11 is 0. The van der Waals surface area contributed by atoms with Crippen LogP contribution in [0, 0.1) is 11.6 Å². The molecule has 0 unspecified atom stereocenters. The van der Waals surface area contributed by atoms with E-state index in [9.17, 15) is 18.4 Å². The van der Waals surface area contributed by atoms with Gasteiger partial charge in [0.15, 0.2) is 0 Å². The molecule has 0 aliphatic heterocycles. The third-order valence-corrected chi connectivity index (χ3v) is 3.20. The van der Waals surface area contributed by atoms with Crippen LogP contribution in [0.2, 0.25) is 0 Å². The van der Waals surface area contributed by atoms with Crippen molar-refractivity contribution in [1.82, 2.24) is 15.1 Å². The molecule has 3 amide bonds. The summed E-state index contributed by atoms with van der Waals surface area (Å²) in [5.41, 5.74) is 0.0755. The van der Waals surface area contributed by atoms with Crippen LogP contribution in [-0.4, -0.2) is 49.4 Å². The molecule has 0 bridgehead atoms. The van der Waals surface area contributed by atoms with E-state index in [1.807, 2.05) is 0 Å². The number of hydrogen-bond donors (Lipinski definition) is 1. The molecule has 0 saturated heterocycles. The van der Waals surface area contributed by atoms with Crippen molar-refractivity contribution in [1.29, 1.82) is 0 Å². The predicted molar refractivity (Wildman–Crippen MR) is 74.6 cm³/mol. The quantitative estimate of drug-likeness (QED) is 0.921. The molecule has 0 aliphatic rings. The fourth-order valence-corrected chi connectivity index (χ4v) is 1.65. The van der Waals surface area contributed by atoms with Crippen LogP contribution < -0.4 is 5.32 Å². The summed E-state index contributed by atoms with van der Waals surface area (Å²) < 4.78 is 26.9. The Morgan fingerprint density at radius 2 is 1.86 bits per heavy atom. The first-order valence-corrected chi connectivity index (χ1v) is 6.39. The van der Waals surface area contributed by atoms with Gasteiger partial charge < -0.3 is 15.1 Å². The number of amides is 3. The molecule has 0 saturated carbocycles. The third-order valence-electron chi connectivity index (χ3n) is 3.20. The number of likely N-dealkylation sites (N-methyl/N-ethyl adjacent to an activating group) is 1. The molecular formula is C14H19F2N3O2. The molecule has 1 N–H and O–H groups in total. The second-order valence-corrected chi connectivity index (χ2v) is 4.90. The summed E-state index contributed by atoms with van der Waals surface area (Å²) in [6, 6.07) is 1.87. The molecule has 1 aromatic rings. The average molecular weight is 299 g/mol. The highest BCUT2D eigenvalue weighted by atomic mass is 19.1. The zero-order chi connectivity index (χ0) is 16.2. The molecular weight excluding hydrogens is 280 g/mol. The second kappa shape index (κ2) is 7.01. The summed E-state index contributed by atoms with van der Waals surface area (Å²) in [6.07, 6.45) is 0. The number of hydrogen-bond acceptors (Lipinski definition) is 2. The van der Waals surface area contributed by atoms with E-state index in [0.29, 0.717) is 0 Å². The number of nitrogens with zero attached hydrogens (tertiary/aromatic N) is 2. The standard InChI is InChI=1S/C14H19F2N3O2/c1-9(11-7-10(15)5-6-12(11)16)19(4)14(21)17-8-13(20)18(2)3/h5-7,9H,8H2,1-4H3,(H,17,21)/t9-/m1/s1. The smallest absolute Gasteiger partial charge is 0.318 e. The van der Waals surface area contributed by atoms with Crippen LogP contribution in [0.15, 0.2) is 18.2 Å². The number of carbonyl (C=O) groups excluding carboxylic acids is 2. The van der Waals surface area contributed by atoms with Crippen LogP contribution in [0.4, 0.5) is 13.6 Å². The predicted octanol–water partition coefficient (Wildman–Crippen LogP) is 1.76. The Labute approximate surface area is 122 Å². The number of carbonyl (C=O) groups is 2. The van der Waals surface area contributed by atoms with E-state index in [1.54, 1.807) is 21.0 Å². The Bertz CT molecular complexity index is 535. The van der Waals surface area contributed by atoms with E-state index < -0.39 is 23.7 Å². The summed E-state index contributed by atoms with van der Waals surface area (Å²) in [6.45, 7) is 1.42. The molecule has 7 heteroatoms. The minimum atomic E-state index is -0.671. The highest BCUT2D eigenvalue weighted by Gasteiger charge is 2.21. The van der Waals surface area contributed by atoms with Gasteiger partial charge in [0.05, 0.1) is 12.6 Å². The molecule has 1 atom stereocenters. The minimum Gasteiger partial charge on any atom is -0.347 e. The highest BCUT2D eigenvalue weighted by molar-refractivity contribution is 5.83. The van der Waals surface area contributed by atoms with E-state index in [4.69, 9.17) is 0 Å². The number of urea groups is 1. The molecule has 0 heterocycles. The fraction of sp³-hybridized carbons (Fsp3) is 0.429. The Kier molecular flexibility index (Phi) is 5.63. The van der Waals surface area contributed by atoms with E-state index in [0.717, 1.165) is 18.2 Å². The Balaban J connectivity index is 2.73. The van der Waals surface area contributed by atoms with Gasteiger partial charge in [-0.3, -0.25) is 4.79 Å². The molecule has 0 spiro atoms. The van der Waals surface area contributed by atoms with Crippen molar-refractivity contribution in [3.63, 3.8) is 0 Å². The van der Waals surface area contributed by atoms with Gasteiger partial charge in [0.2, 0.25) is 5.91 Å². The van der Waals surface area contributed by atoms with Crippen LogP contribution in [0.3, 0.4) is 0 Å². The normalized spacial score (nSPS) is 11.7. The second-order valence-electron chi connectivity index (χ2n) is 4.90. The first kappa shape index (κ1) is 16.9. The highest BCUT2D eigenvalue weighted by Crippen LogP contribution is 2.22. The van der Waals surface area contributed by atoms with Gasteiger partial charge in [-0.25, -0.2) is 13.6 Å². The molecule has 5 nitrogen and oxygen atoms in total. The Hall–Kier alpha value is -2.18. The SMILES string of the molecule is C[C@H](c1cc(F)ccc1F)N(C)C(=O)NCC(=O)N(C)C. The lowest BCUT2D eigenvalue weighted by atomic mass is 10.1. The van der Waals surface area contributed by atoms with Gasteiger partial charge in [0.1, 0.15) is 11.6 Å². The Morgan fingerprint density at radius 1 is 1.24 bits per heavy atom. The Morgan fingerprint density at radius 3 is 2.43 bits per heavy atom. The number of halogens is 2. The lowest BCUT2D eigenvalue weighted by Crippen LogP contribution is -2.43. The third kappa shape index (κ3) is 4.40. The van der Waals surface area contributed by atoms with Crippen molar-refractivity contribution in [3.05, 3.63) is 35.4 Å². The van der Waals surface area contributed by atoms with Crippen molar-refractivity contribution in [3.8, 4) is 0 Å². The first-order valence-electron chi connectivity index (χ1n) is 6.39. The molecule has 21 heavy (non-hydrogen) atoms. The van der Waals surface area contributed by atoms with Gasteiger partial charge >= 0.3 is 6.03 Å². The minimum absolute atomic E-state index is 0.0755. The summed E-state index contributed by atoms with van der Waals surface area (Å²) in [7, 11) is 4.59. The topological polar surface area (TPSA) is 52.7 Å².